The van der Waals surface area contributed by atoms with Gasteiger partial charge in [-0.15, -0.1) is 0 Å². The lowest BCUT2D eigenvalue weighted by molar-refractivity contribution is 0.0696. The molecule has 9 nitrogen and oxygen atoms in total. The summed E-state index contributed by atoms with van der Waals surface area (Å²) in [5.41, 5.74) is 5.69. The van der Waals surface area contributed by atoms with Crippen molar-refractivity contribution in [2.24, 2.45) is 24.8 Å². The van der Waals surface area contributed by atoms with Gasteiger partial charge < -0.3 is 23.9 Å². The summed E-state index contributed by atoms with van der Waals surface area (Å²) in [6, 6.07) is 17.1. The zero-order valence-electron chi connectivity index (χ0n) is 25.1. The number of rotatable bonds is 6. The molecule has 1 N–H and O–H groups in total. The van der Waals surface area contributed by atoms with E-state index in [1.807, 2.05) is 31.3 Å². The number of benzene rings is 2. The van der Waals surface area contributed by atoms with Crippen LogP contribution >= 0.6 is 0 Å². The topological polar surface area (TPSA) is 109 Å². The molecular weight excluding hydrogens is 552 g/mol. The van der Waals surface area contributed by atoms with Crippen LogP contribution in [-0.2, 0) is 13.6 Å². The average molecular weight is 587 g/mol. The molecule has 222 valence electrons. The number of phenolic OH excluding ortho intramolecular Hbond substituents is 1. The van der Waals surface area contributed by atoms with Crippen LogP contribution in [0.1, 0.15) is 48.5 Å². The third kappa shape index (κ3) is 4.08. The third-order valence-corrected chi connectivity index (χ3v) is 10.2. The minimum absolute atomic E-state index is 0.0510. The van der Waals surface area contributed by atoms with E-state index >= 15 is 0 Å². The van der Waals surface area contributed by atoms with Gasteiger partial charge >= 0.3 is 0 Å². The standard InChI is InChI=1S/C35H34N6O3/c1-19-22-7-11-29(19)41(18-22)35(43)23-13-28-32(31(15-23)44-3)39(2)34(38-28)30-14-21-6-10-27(26-9-8-25(42)12-24(26)16-36)37-33(21)40(30)17-20-4-5-20/h6,8-10,12-15,19-20,22,29,42H,4-5,7,11,17-18H2,1-3H3/t19-,22?,29?/m1/s1. The van der Waals surface area contributed by atoms with Crippen molar-refractivity contribution in [1.29, 1.82) is 5.26 Å². The maximum atomic E-state index is 13.8. The molecule has 4 heterocycles. The molecule has 0 radical (unpaired) electrons. The number of hydrogen-bond donors (Lipinski definition) is 1. The molecule has 2 saturated carbocycles. The van der Waals surface area contributed by atoms with E-state index in [0.717, 1.165) is 53.1 Å². The molecule has 3 atom stereocenters. The molecule has 2 unspecified atom stereocenters. The Morgan fingerprint density at radius 3 is 2.64 bits per heavy atom. The summed E-state index contributed by atoms with van der Waals surface area (Å²) in [6.45, 7) is 3.92. The predicted molar refractivity (Wildman–Crippen MR) is 167 cm³/mol. The molecule has 8 rings (SSSR count). The van der Waals surface area contributed by atoms with Gasteiger partial charge in [-0.1, -0.05) is 6.92 Å². The van der Waals surface area contributed by atoms with Gasteiger partial charge in [0.05, 0.1) is 35.6 Å². The van der Waals surface area contributed by atoms with E-state index in [0.29, 0.717) is 51.9 Å². The summed E-state index contributed by atoms with van der Waals surface area (Å²) < 4.78 is 10.1. The first-order chi connectivity index (χ1) is 21.3. The number of fused-ring (bicyclic) bond motifs is 4. The van der Waals surface area contributed by atoms with Crippen LogP contribution in [0.5, 0.6) is 11.5 Å². The van der Waals surface area contributed by atoms with Gasteiger partial charge in [-0.3, -0.25) is 4.79 Å². The lowest BCUT2D eigenvalue weighted by Crippen LogP contribution is -2.38. The molecular formula is C35H34N6O3. The van der Waals surface area contributed by atoms with Gasteiger partial charge in [0.2, 0.25) is 0 Å². The number of hydrogen-bond acceptors (Lipinski definition) is 6. The largest absolute Gasteiger partial charge is 0.508 e. The number of amides is 1. The van der Waals surface area contributed by atoms with Crippen molar-refractivity contribution in [2.75, 3.05) is 13.7 Å². The summed E-state index contributed by atoms with van der Waals surface area (Å²) in [6.07, 6.45) is 4.64. The van der Waals surface area contributed by atoms with E-state index in [1.54, 1.807) is 19.2 Å². The number of piperidine rings is 1. The van der Waals surface area contributed by atoms with E-state index < -0.39 is 0 Å². The second-order valence-electron chi connectivity index (χ2n) is 12.8. The Balaban J connectivity index is 1.25. The summed E-state index contributed by atoms with van der Waals surface area (Å²) in [5.74, 6) is 3.24. The summed E-state index contributed by atoms with van der Waals surface area (Å²) in [7, 11) is 3.63. The molecule has 1 amide bonds. The van der Waals surface area contributed by atoms with Gasteiger partial charge in [-0.2, -0.15) is 5.26 Å². The third-order valence-electron chi connectivity index (χ3n) is 10.2. The SMILES string of the molecule is COc1cc(C(=O)N2CC3CCC2[C@@H]3C)cc2nc(-c3cc4ccc(-c5ccc(O)cc5C#N)nc4n3CC3CC3)n(C)c12. The molecule has 1 saturated heterocycles. The molecule has 3 fully saturated rings. The van der Waals surface area contributed by atoms with Crippen molar-refractivity contribution in [3.05, 3.63) is 59.7 Å². The number of carbonyl (C=O) groups is 1. The first kappa shape index (κ1) is 26.8. The smallest absolute Gasteiger partial charge is 0.254 e. The Hall–Kier alpha value is -4.84. The number of nitrogens with zero attached hydrogens (tertiary/aromatic N) is 6. The van der Waals surface area contributed by atoms with Crippen LogP contribution in [-0.4, -0.2) is 54.7 Å². The van der Waals surface area contributed by atoms with Gasteiger partial charge in [-0.25, -0.2) is 9.97 Å². The van der Waals surface area contributed by atoms with Gasteiger partial charge in [0.1, 0.15) is 22.7 Å². The Morgan fingerprint density at radius 1 is 1.09 bits per heavy atom. The quantitative estimate of drug-likeness (QED) is 0.257. The summed E-state index contributed by atoms with van der Waals surface area (Å²) >= 11 is 0. The molecule has 3 aromatic heterocycles. The van der Waals surface area contributed by atoms with Crippen molar-refractivity contribution in [3.63, 3.8) is 0 Å². The number of likely N-dealkylation sites (tertiary alicyclic amines) is 1. The van der Waals surface area contributed by atoms with E-state index in [1.165, 1.54) is 25.3 Å². The van der Waals surface area contributed by atoms with E-state index in [4.69, 9.17) is 14.7 Å². The van der Waals surface area contributed by atoms with E-state index in [2.05, 4.69) is 33.1 Å². The Morgan fingerprint density at radius 2 is 1.93 bits per heavy atom. The van der Waals surface area contributed by atoms with Crippen molar-refractivity contribution in [3.8, 4) is 40.3 Å². The fourth-order valence-electron chi connectivity index (χ4n) is 7.58. The number of phenols is 1. The van der Waals surface area contributed by atoms with E-state index in [-0.39, 0.29) is 11.7 Å². The van der Waals surface area contributed by atoms with Gasteiger partial charge in [0, 0.05) is 42.7 Å². The number of pyridine rings is 1. The zero-order chi connectivity index (χ0) is 30.3. The lowest BCUT2D eigenvalue weighted by atomic mass is 10.0. The molecule has 1 aliphatic heterocycles. The number of nitriles is 1. The molecule has 2 bridgehead atoms. The minimum atomic E-state index is 0.0510. The number of ether oxygens (including phenoxy) is 1. The summed E-state index contributed by atoms with van der Waals surface area (Å²) in [4.78, 5) is 26.0. The van der Waals surface area contributed by atoms with Crippen LogP contribution in [0, 0.1) is 29.1 Å². The highest BCUT2D eigenvalue weighted by Crippen LogP contribution is 2.44. The molecule has 0 spiro atoms. The maximum absolute atomic E-state index is 13.8. The molecule has 5 aromatic rings. The number of carbonyl (C=O) groups excluding carboxylic acids is 1. The van der Waals surface area contributed by atoms with Crippen LogP contribution in [0.2, 0.25) is 0 Å². The summed E-state index contributed by atoms with van der Waals surface area (Å²) in [5, 5.41) is 20.6. The highest BCUT2D eigenvalue weighted by Gasteiger charge is 2.46. The molecule has 3 aliphatic rings. The lowest BCUT2D eigenvalue weighted by Gasteiger charge is -2.27. The highest BCUT2D eigenvalue weighted by atomic mass is 16.5. The van der Waals surface area contributed by atoms with Crippen LogP contribution < -0.4 is 4.74 Å². The van der Waals surface area contributed by atoms with Crippen LogP contribution in [0.15, 0.2) is 48.5 Å². The molecule has 2 aromatic carbocycles. The Bertz CT molecular complexity index is 2030. The van der Waals surface area contributed by atoms with Gasteiger partial charge in [-0.05, 0) is 92.0 Å². The first-order valence-corrected chi connectivity index (χ1v) is 15.4. The highest BCUT2D eigenvalue weighted by molar-refractivity contribution is 6.00. The maximum Gasteiger partial charge on any atom is 0.254 e. The number of imidazole rings is 1. The van der Waals surface area contributed by atoms with Crippen molar-refractivity contribution >= 4 is 28.0 Å². The van der Waals surface area contributed by atoms with Crippen LogP contribution in [0.3, 0.4) is 0 Å². The molecule has 2 aliphatic carbocycles. The number of aromatic hydroxyl groups is 1. The average Bonchev–Trinajstić information content (AvgIpc) is 3.44. The number of aromatic nitrogens is 4. The van der Waals surface area contributed by atoms with Crippen molar-refractivity contribution in [2.45, 2.75) is 45.2 Å². The number of aryl methyl sites for hydroxylation is 1. The monoisotopic (exact) mass is 586 g/mol. The van der Waals surface area contributed by atoms with Crippen molar-refractivity contribution < 1.29 is 14.6 Å². The first-order valence-electron chi connectivity index (χ1n) is 15.4. The van der Waals surface area contributed by atoms with Gasteiger partial charge in [0.25, 0.3) is 5.91 Å². The van der Waals surface area contributed by atoms with Gasteiger partial charge in [0.15, 0.2) is 5.82 Å². The zero-order valence-corrected chi connectivity index (χ0v) is 25.1. The second kappa shape index (κ2) is 9.84. The van der Waals surface area contributed by atoms with Crippen molar-refractivity contribution in [1.82, 2.24) is 24.0 Å². The van der Waals surface area contributed by atoms with Crippen LogP contribution in [0.25, 0.3) is 44.8 Å². The normalized spacial score (nSPS) is 21.0. The molecule has 44 heavy (non-hydrogen) atoms. The van der Waals surface area contributed by atoms with Crippen LogP contribution in [0.4, 0.5) is 0 Å². The fraction of sp³-hybridized carbons (Fsp3) is 0.371. The second-order valence-corrected chi connectivity index (χ2v) is 12.8. The minimum Gasteiger partial charge on any atom is -0.508 e. The van der Waals surface area contributed by atoms with E-state index in [9.17, 15) is 15.2 Å². The predicted octanol–water partition coefficient (Wildman–Crippen LogP) is 6.12. The molecule has 9 heteroatoms. The fourth-order valence-corrected chi connectivity index (χ4v) is 7.58. The Kier molecular flexibility index (Phi) is 5.99. The number of methoxy groups -OCH3 is 1. The Labute approximate surface area is 255 Å².